The molecular weight excluding hydrogens is 392 g/mol. The van der Waals surface area contributed by atoms with Crippen LogP contribution in [0.1, 0.15) is 29.8 Å². The van der Waals surface area contributed by atoms with E-state index in [1.165, 1.54) is 0 Å². The maximum Gasteiger partial charge on any atom is 0.272 e. The van der Waals surface area contributed by atoms with Gasteiger partial charge < -0.3 is 4.74 Å². The summed E-state index contributed by atoms with van der Waals surface area (Å²) in [5.41, 5.74) is 3.94. The fraction of sp³-hybridized carbons (Fsp3) is 0.143. The molecule has 0 aliphatic rings. The number of nitrogens with zero attached hydrogens (tertiary/aromatic N) is 1. The lowest BCUT2D eigenvalue weighted by Gasteiger charge is -2.14. The molecule has 0 fully saturated rings. The molecule has 0 bridgehead atoms. The van der Waals surface area contributed by atoms with Gasteiger partial charge in [0.05, 0.1) is 17.9 Å². The smallest absolute Gasteiger partial charge is 0.272 e. The van der Waals surface area contributed by atoms with Gasteiger partial charge in [0, 0.05) is 10.0 Å². The van der Waals surface area contributed by atoms with Crippen molar-refractivity contribution >= 4 is 38.8 Å². The Balaban J connectivity index is 1.90. The number of rotatable bonds is 5. The van der Waals surface area contributed by atoms with Crippen molar-refractivity contribution in [2.24, 2.45) is 5.10 Å². The Morgan fingerprint density at radius 1 is 1.08 bits per heavy atom. The van der Waals surface area contributed by atoms with Crippen LogP contribution in [-0.2, 0) is 0 Å². The molecule has 0 aliphatic heterocycles. The standard InChI is InChI=1S/C21H19BrN2O2/c1-14(2)26-20-12-11-15-7-3-4-8-16(15)18(20)13-23-24-21(25)17-9-5-6-10-19(17)22/h3-14H,1-2H3,(H,24,25)/b23-13+. The highest BCUT2D eigenvalue weighted by Gasteiger charge is 2.10. The monoisotopic (exact) mass is 410 g/mol. The number of halogens is 1. The van der Waals surface area contributed by atoms with Crippen LogP contribution in [0, 0.1) is 0 Å². The van der Waals surface area contributed by atoms with Crippen LogP contribution >= 0.6 is 15.9 Å². The van der Waals surface area contributed by atoms with E-state index in [2.05, 4.69) is 26.5 Å². The van der Waals surface area contributed by atoms with E-state index < -0.39 is 0 Å². The lowest BCUT2D eigenvalue weighted by Crippen LogP contribution is -2.18. The molecule has 5 heteroatoms. The summed E-state index contributed by atoms with van der Waals surface area (Å²) in [6.07, 6.45) is 1.67. The summed E-state index contributed by atoms with van der Waals surface area (Å²) in [6.45, 7) is 3.95. The zero-order valence-electron chi connectivity index (χ0n) is 14.6. The highest BCUT2D eigenvalue weighted by Crippen LogP contribution is 2.27. The Morgan fingerprint density at radius 3 is 2.58 bits per heavy atom. The zero-order chi connectivity index (χ0) is 18.5. The van der Waals surface area contributed by atoms with Crippen LogP contribution in [-0.4, -0.2) is 18.2 Å². The highest BCUT2D eigenvalue weighted by molar-refractivity contribution is 9.10. The van der Waals surface area contributed by atoms with Crippen molar-refractivity contribution in [3.8, 4) is 5.75 Å². The molecule has 0 radical (unpaired) electrons. The second-order valence-corrected chi connectivity index (χ2v) is 6.90. The summed E-state index contributed by atoms with van der Waals surface area (Å²) in [4.78, 5) is 12.3. The molecule has 132 valence electrons. The van der Waals surface area contributed by atoms with Crippen LogP contribution in [0.25, 0.3) is 10.8 Å². The second-order valence-electron chi connectivity index (χ2n) is 6.04. The lowest BCUT2D eigenvalue weighted by molar-refractivity contribution is 0.0954. The molecule has 1 amide bonds. The van der Waals surface area contributed by atoms with Gasteiger partial charge in [-0.3, -0.25) is 4.79 Å². The summed E-state index contributed by atoms with van der Waals surface area (Å²) in [5.74, 6) is 0.456. The molecule has 26 heavy (non-hydrogen) atoms. The van der Waals surface area contributed by atoms with Gasteiger partial charge in [-0.15, -0.1) is 0 Å². The molecule has 0 heterocycles. The third kappa shape index (κ3) is 4.11. The van der Waals surface area contributed by atoms with Crippen molar-refractivity contribution in [2.75, 3.05) is 0 Å². The second kappa shape index (κ2) is 8.15. The number of benzene rings is 3. The van der Waals surface area contributed by atoms with Gasteiger partial charge in [-0.1, -0.05) is 42.5 Å². The van der Waals surface area contributed by atoms with E-state index in [0.29, 0.717) is 5.56 Å². The minimum atomic E-state index is -0.278. The molecule has 0 unspecified atom stereocenters. The summed E-state index contributed by atoms with van der Waals surface area (Å²) in [7, 11) is 0. The molecule has 0 aliphatic carbocycles. The van der Waals surface area contributed by atoms with Gasteiger partial charge in [-0.25, -0.2) is 5.43 Å². The van der Waals surface area contributed by atoms with Crippen LogP contribution < -0.4 is 10.2 Å². The molecule has 0 aromatic heterocycles. The Morgan fingerprint density at radius 2 is 1.81 bits per heavy atom. The number of ether oxygens (including phenoxy) is 1. The van der Waals surface area contributed by atoms with E-state index in [-0.39, 0.29) is 12.0 Å². The van der Waals surface area contributed by atoms with Gasteiger partial charge in [-0.05, 0) is 58.7 Å². The van der Waals surface area contributed by atoms with Crippen molar-refractivity contribution in [1.82, 2.24) is 5.43 Å². The van der Waals surface area contributed by atoms with Crippen molar-refractivity contribution < 1.29 is 9.53 Å². The molecule has 0 atom stereocenters. The first-order valence-corrected chi connectivity index (χ1v) is 9.12. The predicted octanol–water partition coefficient (Wildman–Crippen LogP) is 5.15. The first-order chi connectivity index (χ1) is 12.6. The molecule has 3 aromatic carbocycles. The minimum Gasteiger partial charge on any atom is -0.490 e. The van der Waals surface area contributed by atoms with Crippen LogP contribution in [0.15, 0.2) is 70.2 Å². The van der Waals surface area contributed by atoms with E-state index in [4.69, 9.17) is 4.74 Å². The Kier molecular flexibility index (Phi) is 5.68. The molecule has 0 saturated carbocycles. The minimum absolute atomic E-state index is 0.0400. The maximum absolute atomic E-state index is 12.3. The number of fused-ring (bicyclic) bond motifs is 1. The van der Waals surface area contributed by atoms with Crippen molar-refractivity contribution in [3.05, 3.63) is 76.3 Å². The number of hydrogen-bond donors (Lipinski definition) is 1. The highest BCUT2D eigenvalue weighted by atomic mass is 79.9. The summed E-state index contributed by atoms with van der Waals surface area (Å²) < 4.78 is 6.63. The number of carbonyl (C=O) groups excluding carboxylic acids is 1. The summed E-state index contributed by atoms with van der Waals surface area (Å²) in [5, 5.41) is 6.26. The van der Waals surface area contributed by atoms with Gasteiger partial charge in [0.1, 0.15) is 5.75 Å². The third-order valence-corrected chi connectivity index (χ3v) is 4.46. The van der Waals surface area contributed by atoms with Gasteiger partial charge in [0.25, 0.3) is 5.91 Å². The van der Waals surface area contributed by atoms with Crippen molar-refractivity contribution in [1.29, 1.82) is 0 Å². The van der Waals surface area contributed by atoms with E-state index in [9.17, 15) is 4.79 Å². The molecule has 1 N–H and O–H groups in total. The Bertz CT molecular complexity index is 967. The average Bonchev–Trinajstić information content (AvgIpc) is 2.63. The van der Waals surface area contributed by atoms with Crippen LogP contribution in [0.2, 0.25) is 0 Å². The fourth-order valence-corrected chi connectivity index (χ4v) is 3.09. The van der Waals surface area contributed by atoms with Gasteiger partial charge in [-0.2, -0.15) is 5.10 Å². The van der Waals surface area contributed by atoms with Crippen molar-refractivity contribution in [3.63, 3.8) is 0 Å². The first-order valence-electron chi connectivity index (χ1n) is 8.32. The molecule has 3 rings (SSSR count). The molecular formula is C21H19BrN2O2. The summed E-state index contributed by atoms with van der Waals surface area (Å²) in [6, 6.07) is 19.2. The fourth-order valence-electron chi connectivity index (χ4n) is 2.63. The summed E-state index contributed by atoms with van der Waals surface area (Å²) >= 11 is 3.37. The van der Waals surface area contributed by atoms with E-state index in [1.54, 1.807) is 12.3 Å². The normalized spacial score (nSPS) is 11.2. The van der Waals surface area contributed by atoms with Crippen LogP contribution in [0.3, 0.4) is 0 Å². The topological polar surface area (TPSA) is 50.7 Å². The number of amides is 1. The SMILES string of the molecule is CC(C)Oc1ccc2ccccc2c1/C=N/NC(=O)c1ccccc1Br. The number of carbonyl (C=O) groups is 1. The maximum atomic E-state index is 12.3. The predicted molar refractivity (Wildman–Crippen MR) is 109 cm³/mol. The number of nitrogens with one attached hydrogen (secondary N) is 1. The van der Waals surface area contributed by atoms with Gasteiger partial charge in [0.15, 0.2) is 0 Å². The van der Waals surface area contributed by atoms with Gasteiger partial charge in [0.2, 0.25) is 0 Å². The molecule has 0 spiro atoms. The molecule has 4 nitrogen and oxygen atoms in total. The van der Waals surface area contributed by atoms with E-state index >= 15 is 0 Å². The molecule has 3 aromatic rings. The zero-order valence-corrected chi connectivity index (χ0v) is 16.2. The lowest BCUT2D eigenvalue weighted by atomic mass is 10.0. The average molecular weight is 411 g/mol. The first kappa shape index (κ1) is 18.1. The van der Waals surface area contributed by atoms with E-state index in [0.717, 1.165) is 26.6 Å². The van der Waals surface area contributed by atoms with Gasteiger partial charge >= 0.3 is 0 Å². The number of hydrazone groups is 1. The Labute approximate surface area is 161 Å². The third-order valence-electron chi connectivity index (χ3n) is 3.77. The van der Waals surface area contributed by atoms with Crippen LogP contribution in [0.4, 0.5) is 0 Å². The largest absolute Gasteiger partial charge is 0.490 e. The van der Waals surface area contributed by atoms with Crippen LogP contribution in [0.5, 0.6) is 5.75 Å². The van der Waals surface area contributed by atoms with Crippen molar-refractivity contribution in [2.45, 2.75) is 20.0 Å². The quantitative estimate of drug-likeness (QED) is 0.466. The molecule has 0 saturated heterocycles. The van der Waals surface area contributed by atoms with E-state index in [1.807, 2.05) is 68.4 Å². The Hall–Kier alpha value is -2.66. The number of hydrogen-bond acceptors (Lipinski definition) is 3.